The van der Waals surface area contributed by atoms with Crippen molar-refractivity contribution in [3.8, 4) is 11.9 Å². The Labute approximate surface area is 111 Å². The molecule has 0 aromatic carbocycles. The van der Waals surface area contributed by atoms with Crippen LogP contribution in [0.3, 0.4) is 0 Å². The fourth-order valence-corrected chi connectivity index (χ4v) is 2.19. The van der Waals surface area contributed by atoms with E-state index in [0.29, 0.717) is 12.2 Å². The second-order valence-electron chi connectivity index (χ2n) is 3.43. The zero-order chi connectivity index (χ0) is 12.4. The van der Waals surface area contributed by atoms with Gasteiger partial charge in [-0.15, -0.1) is 0 Å². The summed E-state index contributed by atoms with van der Waals surface area (Å²) in [7, 11) is 0. The lowest BCUT2D eigenvalue weighted by Gasteiger charge is -2.05. The molecule has 0 bridgehead atoms. The lowest BCUT2D eigenvalue weighted by molar-refractivity contribution is -0.680. The van der Waals surface area contributed by atoms with E-state index in [1.54, 1.807) is 29.0 Å². The molecule has 0 amide bonds. The van der Waals surface area contributed by atoms with Gasteiger partial charge in [-0.25, -0.2) is 4.79 Å². The molecular weight excluding hydrogens is 333 g/mol. The molecule has 0 saturated carbocycles. The number of fused-ring (bicyclic) bond motifs is 1. The van der Waals surface area contributed by atoms with Crippen LogP contribution in [0, 0.1) is 14.9 Å². The normalized spacial score (nSPS) is 10.4. The summed E-state index contributed by atoms with van der Waals surface area (Å²) in [6.07, 6.45) is 1.92. The SMILES string of the molecule is N#CCC[n+]1c(O)c(I)c(=O)n2ccccc21. The summed E-state index contributed by atoms with van der Waals surface area (Å²) in [6, 6.07) is 7.28. The minimum Gasteiger partial charge on any atom is -0.477 e. The molecule has 1 N–H and O–H groups in total. The van der Waals surface area contributed by atoms with Crippen LogP contribution in [-0.2, 0) is 6.54 Å². The summed E-state index contributed by atoms with van der Waals surface area (Å²) in [5, 5.41) is 18.5. The first-order chi connectivity index (χ1) is 8.16. The lowest BCUT2D eigenvalue weighted by atomic mass is 10.4. The van der Waals surface area contributed by atoms with Crippen LogP contribution < -0.4 is 10.1 Å². The van der Waals surface area contributed by atoms with Crippen LogP contribution in [-0.4, -0.2) is 9.51 Å². The molecule has 2 rings (SSSR count). The van der Waals surface area contributed by atoms with Gasteiger partial charge >= 0.3 is 11.4 Å². The molecular formula is C11H9IN3O2+. The first-order valence-electron chi connectivity index (χ1n) is 4.95. The van der Waals surface area contributed by atoms with E-state index in [9.17, 15) is 9.90 Å². The molecule has 86 valence electrons. The Bertz CT molecular complexity index is 673. The second kappa shape index (κ2) is 4.71. The molecule has 0 fully saturated rings. The topological polar surface area (TPSA) is 69.4 Å². The third-order valence-electron chi connectivity index (χ3n) is 2.42. The number of hydrogen-bond acceptors (Lipinski definition) is 3. The van der Waals surface area contributed by atoms with Crippen LogP contribution in [0.25, 0.3) is 5.65 Å². The van der Waals surface area contributed by atoms with E-state index in [1.165, 1.54) is 4.40 Å². The number of aromatic nitrogens is 2. The third kappa shape index (κ3) is 1.98. The van der Waals surface area contributed by atoms with Crippen LogP contribution >= 0.6 is 22.6 Å². The van der Waals surface area contributed by atoms with Crippen molar-refractivity contribution >= 4 is 28.2 Å². The van der Waals surface area contributed by atoms with E-state index in [4.69, 9.17) is 5.26 Å². The van der Waals surface area contributed by atoms with Gasteiger partial charge in [-0.05, 0) is 28.7 Å². The number of aryl methyl sites for hydroxylation is 1. The highest BCUT2D eigenvalue weighted by atomic mass is 127. The Balaban J connectivity index is 2.81. The van der Waals surface area contributed by atoms with E-state index >= 15 is 0 Å². The van der Waals surface area contributed by atoms with Gasteiger partial charge in [-0.1, -0.05) is 6.07 Å². The molecule has 0 atom stereocenters. The Morgan fingerprint density at radius 2 is 2.29 bits per heavy atom. The second-order valence-corrected chi connectivity index (χ2v) is 4.51. The van der Waals surface area contributed by atoms with Gasteiger partial charge in [-0.3, -0.25) is 0 Å². The van der Waals surface area contributed by atoms with E-state index in [-0.39, 0.29) is 21.4 Å². The number of rotatable bonds is 2. The maximum absolute atomic E-state index is 11.9. The summed E-state index contributed by atoms with van der Waals surface area (Å²) in [5.74, 6) is -0.0861. The highest BCUT2D eigenvalue weighted by Gasteiger charge is 2.20. The average molecular weight is 342 g/mol. The van der Waals surface area contributed by atoms with Crippen LogP contribution in [0.15, 0.2) is 29.2 Å². The largest absolute Gasteiger partial charge is 0.477 e. The number of hydrogen-bond donors (Lipinski definition) is 1. The van der Waals surface area contributed by atoms with Crippen molar-refractivity contribution in [3.05, 3.63) is 38.3 Å². The van der Waals surface area contributed by atoms with Crippen molar-refractivity contribution in [1.29, 1.82) is 5.26 Å². The molecule has 0 saturated heterocycles. The summed E-state index contributed by atoms with van der Waals surface area (Å²) in [6.45, 7) is 0.353. The van der Waals surface area contributed by atoms with Crippen LogP contribution in [0.5, 0.6) is 5.88 Å². The van der Waals surface area contributed by atoms with Crippen molar-refractivity contribution in [2.75, 3.05) is 0 Å². The Hall–Kier alpha value is -1.62. The van der Waals surface area contributed by atoms with Gasteiger partial charge in [-0.2, -0.15) is 14.2 Å². The van der Waals surface area contributed by atoms with E-state index in [2.05, 4.69) is 0 Å². The zero-order valence-corrected chi connectivity index (χ0v) is 11.0. The van der Waals surface area contributed by atoms with Gasteiger partial charge < -0.3 is 5.11 Å². The van der Waals surface area contributed by atoms with E-state index in [1.807, 2.05) is 28.7 Å². The van der Waals surface area contributed by atoms with Crippen molar-refractivity contribution in [1.82, 2.24) is 4.40 Å². The van der Waals surface area contributed by atoms with Gasteiger partial charge in [0, 0.05) is 6.07 Å². The monoisotopic (exact) mass is 342 g/mol. The van der Waals surface area contributed by atoms with Crippen molar-refractivity contribution in [2.45, 2.75) is 13.0 Å². The summed E-state index contributed by atoms with van der Waals surface area (Å²) >= 11 is 1.81. The van der Waals surface area contributed by atoms with Crippen LogP contribution in [0.4, 0.5) is 0 Å². The minimum absolute atomic E-state index is 0.0861. The average Bonchev–Trinajstić information content (AvgIpc) is 2.36. The molecule has 0 radical (unpaired) electrons. The molecule has 2 heterocycles. The third-order valence-corrected chi connectivity index (χ3v) is 3.36. The molecule has 17 heavy (non-hydrogen) atoms. The van der Waals surface area contributed by atoms with Crippen molar-refractivity contribution in [3.63, 3.8) is 0 Å². The maximum atomic E-state index is 11.9. The number of halogens is 1. The maximum Gasteiger partial charge on any atom is 0.359 e. The van der Waals surface area contributed by atoms with Gasteiger partial charge in [0.2, 0.25) is 0 Å². The van der Waals surface area contributed by atoms with Crippen molar-refractivity contribution in [2.24, 2.45) is 0 Å². The lowest BCUT2D eigenvalue weighted by Crippen LogP contribution is -2.41. The van der Waals surface area contributed by atoms with Gasteiger partial charge in [0.1, 0.15) is 6.54 Å². The molecule has 0 unspecified atom stereocenters. The summed E-state index contributed by atoms with van der Waals surface area (Å²) in [4.78, 5) is 11.9. The van der Waals surface area contributed by atoms with Crippen LogP contribution in [0.1, 0.15) is 6.42 Å². The molecule has 2 aromatic heterocycles. The summed E-state index contributed by atoms with van der Waals surface area (Å²) < 4.78 is 3.27. The fourth-order valence-electron chi connectivity index (χ4n) is 1.64. The van der Waals surface area contributed by atoms with Gasteiger partial charge in [0.25, 0.3) is 5.65 Å². The predicted octanol–water partition coefficient (Wildman–Crippen LogP) is 0.811. The predicted molar refractivity (Wildman–Crippen MR) is 68.5 cm³/mol. The number of aromatic hydroxyl groups is 1. The highest BCUT2D eigenvalue weighted by Crippen LogP contribution is 2.11. The molecule has 0 aliphatic carbocycles. The zero-order valence-electron chi connectivity index (χ0n) is 8.80. The molecule has 0 aliphatic heterocycles. The smallest absolute Gasteiger partial charge is 0.359 e. The first kappa shape index (κ1) is 11.9. The van der Waals surface area contributed by atoms with E-state index < -0.39 is 0 Å². The fraction of sp³-hybridized carbons (Fsp3) is 0.182. The Morgan fingerprint density at radius 3 is 3.00 bits per heavy atom. The first-order valence-corrected chi connectivity index (χ1v) is 6.03. The standard InChI is InChI=1S/C11H8IN3O2/c12-9-10(16)14-6-2-1-4-8(14)15(11(9)17)7-3-5-13/h1-2,4,6H,3,7H2/p+1. The summed E-state index contributed by atoms with van der Waals surface area (Å²) in [5.41, 5.74) is 0.317. The van der Waals surface area contributed by atoms with E-state index in [0.717, 1.165) is 0 Å². The number of nitrogens with zero attached hydrogens (tertiary/aromatic N) is 3. The van der Waals surface area contributed by atoms with Crippen LogP contribution in [0.2, 0.25) is 0 Å². The Morgan fingerprint density at radius 1 is 1.53 bits per heavy atom. The molecule has 0 aliphatic rings. The molecule has 5 nitrogen and oxygen atoms in total. The van der Waals surface area contributed by atoms with Gasteiger partial charge in [0.05, 0.1) is 18.7 Å². The molecule has 6 heteroatoms. The van der Waals surface area contributed by atoms with Crippen molar-refractivity contribution < 1.29 is 9.67 Å². The quantitative estimate of drug-likeness (QED) is 0.649. The molecule has 2 aromatic rings. The minimum atomic E-state index is -0.257. The van der Waals surface area contributed by atoms with Gasteiger partial charge in [0.15, 0.2) is 3.57 Å². The number of nitriles is 1. The molecule has 0 spiro atoms. The highest BCUT2D eigenvalue weighted by molar-refractivity contribution is 14.1. The number of pyridine rings is 1. The Kier molecular flexibility index (Phi) is 3.28.